The van der Waals surface area contributed by atoms with Gasteiger partial charge in [-0.1, -0.05) is 23.8 Å². The van der Waals surface area contributed by atoms with Crippen LogP contribution in [0.5, 0.6) is 0 Å². The highest BCUT2D eigenvalue weighted by atomic mass is 35.5. The maximum Gasteiger partial charge on any atom is 0.309 e. The molecule has 8 heteroatoms. The van der Waals surface area contributed by atoms with E-state index in [0.29, 0.717) is 12.8 Å². The Labute approximate surface area is 137 Å². The molecule has 1 aromatic carbocycles. The van der Waals surface area contributed by atoms with Crippen molar-refractivity contribution in [1.29, 1.82) is 0 Å². The van der Waals surface area contributed by atoms with Crippen LogP contribution in [-0.4, -0.2) is 23.4 Å². The molecule has 1 amide bonds. The smallest absolute Gasteiger partial charge is 0.309 e. The average molecular weight is 339 g/mol. The number of carbonyl (C=O) groups is 2. The molecule has 0 saturated carbocycles. The summed E-state index contributed by atoms with van der Waals surface area (Å²) < 4.78 is 4.96. The first-order valence-electron chi connectivity index (χ1n) is 7.03. The minimum Gasteiger partial charge on any atom is -0.455 e. The molecule has 0 bridgehead atoms. The molecule has 0 radical (unpaired) electrons. The van der Waals surface area contributed by atoms with E-state index in [1.807, 2.05) is 12.2 Å². The summed E-state index contributed by atoms with van der Waals surface area (Å²) in [5.41, 5.74) is -0.323. The van der Waals surface area contributed by atoms with E-state index < -0.39 is 23.4 Å². The molecule has 122 valence electrons. The molecule has 23 heavy (non-hydrogen) atoms. The Morgan fingerprint density at radius 1 is 1.39 bits per heavy atom. The molecule has 1 aliphatic rings. The zero-order chi connectivity index (χ0) is 16.8. The molecule has 1 N–H and O–H groups in total. The van der Waals surface area contributed by atoms with Gasteiger partial charge in [0.05, 0.1) is 10.8 Å². The number of rotatable bonds is 5. The number of carbonyl (C=O) groups excluding carboxylic acids is 2. The SMILES string of the molecule is O=C(COC(=O)[C@H]1CC=CCC1)Nc1cc(Cl)ccc1[N+](=O)[O-]. The number of anilines is 1. The quantitative estimate of drug-likeness (QED) is 0.385. The summed E-state index contributed by atoms with van der Waals surface area (Å²) >= 11 is 5.77. The average Bonchev–Trinajstić information content (AvgIpc) is 2.53. The fraction of sp³-hybridized carbons (Fsp3) is 0.333. The number of nitrogens with one attached hydrogen (secondary N) is 1. The van der Waals surface area contributed by atoms with Gasteiger partial charge in [-0.2, -0.15) is 0 Å². The second-order valence-electron chi connectivity index (χ2n) is 5.06. The van der Waals surface area contributed by atoms with Gasteiger partial charge >= 0.3 is 5.97 Å². The van der Waals surface area contributed by atoms with E-state index in [4.69, 9.17) is 16.3 Å². The Bertz CT molecular complexity index is 659. The van der Waals surface area contributed by atoms with E-state index in [1.54, 1.807) is 0 Å². The second-order valence-corrected chi connectivity index (χ2v) is 5.49. The van der Waals surface area contributed by atoms with Crippen LogP contribution in [0.25, 0.3) is 0 Å². The van der Waals surface area contributed by atoms with Crippen molar-refractivity contribution in [3.63, 3.8) is 0 Å². The van der Waals surface area contributed by atoms with Gasteiger partial charge in [-0.15, -0.1) is 0 Å². The number of esters is 1. The van der Waals surface area contributed by atoms with Crippen molar-refractivity contribution in [3.05, 3.63) is 45.5 Å². The van der Waals surface area contributed by atoms with Crippen LogP contribution in [0.1, 0.15) is 19.3 Å². The van der Waals surface area contributed by atoms with Crippen LogP contribution >= 0.6 is 11.6 Å². The fourth-order valence-electron chi connectivity index (χ4n) is 2.22. The lowest BCUT2D eigenvalue weighted by atomic mass is 9.95. The first kappa shape index (κ1) is 17.0. The Kier molecular flexibility index (Phi) is 5.70. The number of nitrogens with zero attached hydrogens (tertiary/aromatic N) is 1. The number of nitro benzene ring substituents is 1. The van der Waals surface area contributed by atoms with Crippen LogP contribution < -0.4 is 5.32 Å². The molecular weight excluding hydrogens is 324 g/mol. The molecule has 0 aliphatic heterocycles. The van der Waals surface area contributed by atoms with Crippen molar-refractivity contribution in [2.45, 2.75) is 19.3 Å². The van der Waals surface area contributed by atoms with E-state index >= 15 is 0 Å². The maximum absolute atomic E-state index is 11.8. The standard InChI is InChI=1S/C15H15ClN2O5/c16-11-6-7-13(18(21)22)12(8-11)17-14(19)9-23-15(20)10-4-2-1-3-5-10/h1-2,6-8,10H,3-5,9H2,(H,17,19)/t10-/m0/s1. The van der Waals surface area contributed by atoms with E-state index in [-0.39, 0.29) is 22.3 Å². The Morgan fingerprint density at radius 3 is 2.83 bits per heavy atom. The number of hydrogen-bond donors (Lipinski definition) is 1. The number of nitro groups is 1. The molecule has 1 aliphatic carbocycles. The van der Waals surface area contributed by atoms with Crippen LogP contribution in [0.2, 0.25) is 5.02 Å². The second kappa shape index (κ2) is 7.73. The Balaban J connectivity index is 1.92. The number of halogens is 1. The van der Waals surface area contributed by atoms with Gasteiger partial charge in [-0.3, -0.25) is 19.7 Å². The summed E-state index contributed by atoms with van der Waals surface area (Å²) in [5.74, 6) is -1.34. The lowest BCUT2D eigenvalue weighted by molar-refractivity contribution is -0.383. The summed E-state index contributed by atoms with van der Waals surface area (Å²) in [6, 6.07) is 3.82. The molecular formula is C15H15ClN2O5. The van der Waals surface area contributed by atoms with Gasteiger partial charge in [0.25, 0.3) is 11.6 Å². The summed E-state index contributed by atoms with van der Waals surface area (Å²) in [5, 5.41) is 13.5. The number of benzene rings is 1. The number of allylic oxidation sites excluding steroid dienone is 2. The minimum absolute atomic E-state index is 0.0378. The van der Waals surface area contributed by atoms with Gasteiger partial charge < -0.3 is 10.1 Å². The van der Waals surface area contributed by atoms with Gasteiger partial charge in [0.1, 0.15) is 5.69 Å². The van der Waals surface area contributed by atoms with E-state index in [9.17, 15) is 19.7 Å². The van der Waals surface area contributed by atoms with Gasteiger partial charge in [0.15, 0.2) is 6.61 Å². The van der Waals surface area contributed by atoms with Crippen LogP contribution in [0.3, 0.4) is 0 Å². The van der Waals surface area contributed by atoms with Crippen molar-refractivity contribution in [1.82, 2.24) is 0 Å². The van der Waals surface area contributed by atoms with Crippen LogP contribution in [0.15, 0.2) is 30.4 Å². The van der Waals surface area contributed by atoms with E-state index in [0.717, 1.165) is 6.42 Å². The Hall–Kier alpha value is -2.41. The van der Waals surface area contributed by atoms with Gasteiger partial charge in [0.2, 0.25) is 0 Å². The van der Waals surface area contributed by atoms with Crippen LogP contribution in [-0.2, 0) is 14.3 Å². The highest BCUT2D eigenvalue weighted by molar-refractivity contribution is 6.31. The molecule has 0 heterocycles. The van der Waals surface area contributed by atoms with Gasteiger partial charge in [-0.25, -0.2) is 0 Å². The molecule has 0 spiro atoms. The van der Waals surface area contributed by atoms with Crippen LogP contribution in [0, 0.1) is 16.0 Å². The summed E-state index contributed by atoms with van der Waals surface area (Å²) in [6.45, 7) is -0.497. The maximum atomic E-state index is 11.8. The monoisotopic (exact) mass is 338 g/mol. The van der Waals surface area contributed by atoms with E-state index in [1.165, 1.54) is 18.2 Å². The lowest BCUT2D eigenvalue weighted by Crippen LogP contribution is -2.25. The molecule has 7 nitrogen and oxygen atoms in total. The molecule has 2 rings (SSSR count). The number of ether oxygens (including phenoxy) is 1. The molecule has 0 unspecified atom stereocenters. The first-order chi connectivity index (χ1) is 11.0. The summed E-state index contributed by atoms with van der Waals surface area (Å²) in [7, 11) is 0. The molecule has 0 aromatic heterocycles. The Morgan fingerprint density at radius 2 is 2.17 bits per heavy atom. The zero-order valence-electron chi connectivity index (χ0n) is 12.2. The highest BCUT2D eigenvalue weighted by Crippen LogP contribution is 2.27. The van der Waals surface area contributed by atoms with Gasteiger partial charge in [0, 0.05) is 11.1 Å². The molecule has 1 aromatic rings. The van der Waals surface area contributed by atoms with Crippen molar-refractivity contribution in [2.24, 2.45) is 5.92 Å². The third-order valence-corrected chi connectivity index (χ3v) is 3.61. The third-order valence-electron chi connectivity index (χ3n) is 3.38. The first-order valence-corrected chi connectivity index (χ1v) is 7.40. The highest BCUT2D eigenvalue weighted by Gasteiger charge is 2.22. The molecule has 1 atom stereocenters. The number of amides is 1. The lowest BCUT2D eigenvalue weighted by Gasteiger charge is -2.16. The van der Waals surface area contributed by atoms with Crippen LogP contribution in [0.4, 0.5) is 11.4 Å². The number of hydrogen-bond acceptors (Lipinski definition) is 5. The largest absolute Gasteiger partial charge is 0.455 e. The summed E-state index contributed by atoms with van der Waals surface area (Å²) in [4.78, 5) is 33.9. The van der Waals surface area contributed by atoms with Crippen molar-refractivity contribution < 1.29 is 19.2 Å². The molecule has 0 fully saturated rings. The fourth-order valence-corrected chi connectivity index (χ4v) is 2.39. The normalized spacial score (nSPS) is 16.7. The van der Waals surface area contributed by atoms with E-state index in [2.05, 4.69) is 5.32 Å². The predicted octanol–water partition coefficient (Wildman–Crippen LogP) is 3.09. The third kappa shape index (κ3) is 4.79. The predicted molar refractivity (Wildman–Crippen MR) is 84.2 cm³/mol. The van der Waals surface area contributed by atoms with Gasteiger partial charge in [-0.05, 0) is 31.4 Å². The topological polar surface area (TPSA) is 98.5 Å². The van der Waals surface area contributed by atoms with Crippen molar-refractivity contribution in [3.8, 4) is 0 Å². The summed E-state index contributed by atoms with van der Waals surface area (Å²) in [6.07, 6.45) is 6.00. The minimum atomic E-state index is -0.657. The van der Waals surface area contributed by atoms with Crippen molar-refractivity contribution >= 4 is 34.9 Å². The molecule has 0 saturated heterocycles. The van der Waals surface area contributed by atoms with Crippen molar-refractivity contribution in [2.75, 3.05) is 11.9 Å². The zero-order valence-corrected chi connectivity index (χ0v) is 12.9.